The Morgan fingerprint density at radius 1 is 1.37 bits per heavy atom. The minimum atomic E-state index is -0.847. The first-order valence-electron chi connectivity index (χ1n) is 10.1. The van der Waals surface area contributed by atoms with Gasteiger partial charge in [0.05, 0.1) is 48.2 Å². The number of fused-ring (bicyclic) bond motifs is 1. The molecule has 4 rings (SSSR count). The molecule has 7 nitrogen and oxygen atoms in total. The van der Waals surface area contributed by atoms with Crippen LogP contribution in [-0.2, 0) is 9.53 Å². The maximum absolute atomic E-state index is 10.7. The molecule has 0 unspecified atom stereocenters. The molecule has 158 valence electrons. The number of halogens is 1. The van der Waals surface area contributed by atoms with Crippen molar-refractivity contribution in [3.63, 3.8) is 0 Å². The van der Waals surface area contributed by atoms with Crippen molar-refractivity contribution in [3.8, 4) is 5.69 Å². The first-order chi connectivity index (χ1) is 14.5. The molecule has 0 aliphatic carbocycles. The van der Waals surface area contributed by atoms with Crippen molar-refractivity contribution in [1.29, 1.82) is 0 Å². The fourth-order valence-electron chi connectivity index (χ4n) is 3.97. The van der Waals surface area contributed by atoms with Crippen molar-refractivity contribution in [1.82, 2.24) is 14.5 Å². The van der Waals surface area contributed by atoms with E-state index in [4.69, 9.17) is 26.4 Å². The van der Waals surface area contributed by atoms with Crippen LogP contribution in [0.1, 0.15) is 30.4 Å². The van der Waals surface area contributed by atoms with Crippen molar-refractivity contribution in [2.75, 3.05) is 24.7 Å². The van der Waals surface area contributed by atoms with E-state index in [2.05, 4.69) is 28.9 Å². The number of imidazole rings is 1. The van der Waals surface area contributed by atoms with Crippen LogP contribution < -0.4 is 4.90 Å². The van der Waals surface area contributed by atoms with Gasteiger partial charge in [-0.25, -0.2) is 9.97 Å². The van der Waals surface area contributed by atoms with Crippen LogP contribution in [0, 0.1) is 13.8 Å². The van der Waals surface area contributed by atoms with Crippen molar-refractivity contribution < 1.29 is 14.6 Å². The van der Waals surface area contributed by atoms with E-state index in [-0.39, 0.29) is 19.1 Å². The number of nitrogens with zero attached hydrogens (tertiary/aromatic N) is 4. The molecule has 0 amide bonds. The number of ether oxygens (including phenoxy) is 1. The van der Waals surface area contributed by atoms with Gasteiger partial charge in [-0.05, 0) is 43.9 Å². The Morgan fingerprint density at radius 2 is 2.20 bits per heavy atom. The second kappa shape index (κ2) is 8.62. The molecule has 0 spiro atoms. The summed E-state index contributed by atoms with van der Waals surface area (Å²) in [7, 11) is 0. The Labute approximate surface area is 180 Å². The Morgan fingerprint density at radius 3 is 2.93 bits per heavy atom. The second-order valence-electron chi connectivity index (χ2n) is 7.71. The number of aryl methyl sites for hydroxylation is 1. The molecular formula is C22H25ClN4O3. The third-order valence-electron chi connectivity index (χ3n) is 5.74. The van der Waals surface area contributed by atoms with E-state index < -0.39 is 5.97 Å². The molecule has 2 aromatic heterocycles. The predicted molar refractivity (Wildman–Crippen MR) is 117 cm³/mol. The summed E-state index contributed by atoms with van der Waals surface area (Å²) in [6.45, 7) is 5.63. The number of hydrogen-bond donors (Lipinski definition) is 1. The molecule has 1 atom stereocenters. The molecule has 1 aliphatic rings. The van der Waals surface area contributed by atoms with E-state index in [9.17, 15) is 4.79 Å². The molecule has 1 aromatic carbocycles. The van der Waals surface area contributed by atoms with E-state index in [0.717, 1.165) is 52.9 Å². The van der Waals surface area contributed by atoms with Crippen molar-refractivity contribution in [3.05, 3.63) is 47.0 Å². The van der Waals surface area contributed by atoms with Gasteiger partial charge < -0.3 is 19.3 Å². The minimum Gasteiger partial charge on any atom is -0.481 e. The van der Waals surface area contributed by atoms with Crippen LogP contribution in [0.5, 0.6) is 0 Å². The third kappa shape index (κ3) is 4.00. The van der Waals surface area contributed by atoms with Gasteiger partial charge in [0.2, 0.25) is 0 Å². The quantitative estimate of drug-likeness (QED) is 0.569. The van der Waals surface area contributed by atoms with Gasteiger partial charge in [-0.2, -0.15) is 0 Å². The summed E-state index contributed by atoms with van der Waals surface area (Å²) in [5.74, 6) is 0.000408. The molecule has 8 heteroatoms. The molecule has 1 N–H and O–H groups in total. The Balaban J connectivity index is 1.73. The van der Waals surface area contributed by atoms with Crippen molar-refractivity contribution >= 4 is 34.3 Å². The number of carboxylic acids is 1. The van der Waals surface area contributed by atoms with Gasteiger partial charge in [-0.3, -0.25) is 4.79 Å². The first kappa shape index (κ1) is 20.6. The maximum Gasteiger partial charge on any atom is 0.305 e. The summed E-state index contributed by atoms with van der Waals surface area (Å²) in [5, 5.41) is 10.5. The number of aromatic nitrogens is 3. The fraction of sp³-hybridized carbons (Fsp3) is 0.409. The lowest BCUT2D eigenvalue weighted by Crippen LogP contribution is -2.34. The summed E-state index contributed by atoms with van der Waals surface area (Å²) in [6, 6.07) is 4.36. The number of carbonyl (C=O) groups is 1. The molecule has 3 heterocycles. The molecule has 0 bridgehead atoms. The molecule has 30 heavy (non-hydrogen) atoms. The van der Waals surface area contributed by atoms with Crippen LogP contribution in [0.25, 0.3) is 16.6 Å². The Hall–Kier alpha value is -2.64. The van der Waals surface area contributed by atoms with Crippen LogP contribution in [0.3, 0.4) is 0 Å². The molecule has 3 aromatic rings. The predicted octanol–water partition coefficient (Wildman–Crippen LogP) is 4.15. The van der Waals surface area contributed by atoms with Crippen molar-refractivity contribution in [2.24, 2.45) is 0 Å². The van der Waals surface area contributed by atoms with Crippen molar-refractivity contribution in [2.45, 2.75) is 39.2 Å². The highest BCUT2D eigenvalue weighted by molar-refractivity contribution is 6.36. The molecule has 1 aliphatic heterocycles. The lowest BCUT2D eigenvalue weighted by molar-refractivity contribution is -0.138. The molecular weight excluding hydrogens is 404 g/mol. The fourth-order valence-corrected chi connectivity index (χ4v) is 4.26. The SMILES string of the molecule is Cc1cc2c(-n3ccnc3)cc(N3CCC[C@H]3COCCC(=O)O)nc2c(Cl)c1C. The number of pyridine rings is 1. The smallest absolute Gasteiger partial charge is 0.305 e. The normalized spacial score (nSPS) is 16.5. The van der Waals surface area contributed by atoms with Crippen LogP contribution in [-0.4, -0.2) is 51.4 Å². The van der Waals surface area contributed by atoms with Gasteiger partial charge in [-0.1, -0.05) is 11.6 Å². The molecule has 0 radical (unpaired) electrons. The average Bonchev–Trinajstić information content (AvgIpc) is 3.41. The third-order valence-corrected chi connectivity index (χ3v) is 6.20. The number of anilines is 1. The Kier molecular flexibility index (Phi) is 5.92. The summed E-state index contributed by atoms with van der Waals surface area (Å²) in [4.78, 5) is 22.1. The van der Waals surface area contributed by atoms with E-state index in [1.54, 1.807) is 12.5 Å². The summed E-state index contributed by atoms with van der Waals surface area (Å²) in [5.41, 5.74) is 3.91. The highest BCUT2D eigenvalue weighted by Crippen LogP contribution is 2.35. The lowest BCUT2D eigenvalue weighted by Gasteiger charge is -2.27. The average molecular weight is 429 g/mol. The highest BCUT2D eigenvalue weighted by atomic mass is 35.5. The van der Waals surface area contributed by atoms with Crippen LogP contribution in [0.2, 0.25) is 5.02 Å². The van der Waals surface area contributed by atoms with Crippen LogP contribution >= 0.6 is 11.6 Å². The number of carboxylic acid groups (broad SMARTS) is 1. The molecule has 1 fully saturated rings. The standard InChI is InChI=1S/C22H25ClN4O3/c1-14-10-17-18(26-8-6-24-13-26)11-19(25-22(17)21(23)15(14)2)27-7-3-4-16(27)12-30-9-5-20(28)29/h6,8,10-11,13,16H,3-5,7,9,12H2,1-2H3,(H,28,29)/t16-/m0/s1. The van der Waals surface area contributed by atoms with Crippen LogP contribution in [0.15, 0.2) is 30.9 Å². The zero-order valence-corrected chi connectivity index (χ0v) is 17.9. The topological polar surface area (TPSA) is 80.5 Å². The largest absolute Gasteiger partial charge is 0.481 e. The highest BCUT2D eigenvalue weighted by Gasteiger charge is 2.27. The number of benzene rings is 1. The monoisotopic (exact) mass is 428 g/mol. The van der Waals surface area contributed by atoms with Gasteiger partial charge in [-0.15, -0.1) is 0 Å². The Bertz CT molecular complexity index is 1070. The van der Waals surface area contributed by atoms with Gasteiger partial charge in [0, 0.05) is 30.4 Å². The minimum absolute atomic E-state index is 0.0138. The van der Waals surface area contributed by atoms with Gasteiger partial charge in [0.25, 0.3) is 0 Å². The van der Waals surface area contributed by atoms with E-state index in [0.29, 0.717) is 11.6 Å². The zero-order valence-electron chi connectivity index (χ0n) is 17.1. The molecule has 0 saturated carbocycles. The van der Waals surface area contributed by atoms with Gasteiger partial charge in [0.1, 0.15) is 5.82 Å². The number of aliphatic carboxylic acids is 1. The lowest BCUT2D eigenvalue weighted by atomic mass is 10.0. The second-order valence-corrected chi connectivity index (χ2v) is 8.08. The van der Waals surface area contributed by atoms with Gasteiger partial charge in [0.15, 0.2) is 0 Å². The first-order valence-corrected chi connectivity index (χ1v) is 10.5. The molecule has 1 saturated heterocycles. The summed E-state index contributed by atoms with van der Waals surface area (Å²) >= 11 is 6.73. The van der Waals surface area contributed by atoms with Crippen LogP contribution in [0.4, 0.5) is 5.82 Å². The van der Waals surface area contributed by atoms with Gasteiger partial charge >= 0.3 is 5.97 Å². The van der Waals surface area contributed by atoms with E-state index in [1.165, 1.54) is 0 Å². The number of hydrogen-bond acceptors (Lipinski definition) is 5. The van der Waals surface area contributed by atoms with E-state index in [1.807, 2.05) is 17.7 Å². The number of rotatable bonds is 7. The summed E-state index contributed by atoms with van der Waals surface area (Å²) < 4.78 is 7.62. The maximum atomic E-state index is 10.7. The summed E-state index contributed by atoms with van der Waals surface area (Å²) in [6.07, 6.45) is 7.47. The van der Waals surface area contributed by atoms with E-state index >= 15 is 0 Å². The zero-order chi connectivity index (χ0) is 21.3.